The van der Waals surface area contributed by atoms with Gasteiger partial charge >= 0.3 is 12.1 Å². The van der Waals surface area contributed by atoms with Gasteiger partial charge in [0.05, 0.1) is 12.8 Å². The molecule has 0 aromatic carbocycles. The minimum Gasteiger partial charge on any atom is -0.465 e. The molecule has 32 heavy (non-hydrogen) atoms. The molecule has 0 unspecified atom stereocenters. The number of rotatable bonds is 3. The van der Waals surface area contributed by atoms with Gasteiger partial charge in [-0.2, -0.15) is 0 Å². The van der Waals surface area contributed by atoms with Crippen molar-refractivity contribution < 1.29 is 23.9 Å². The maximum atomic E-state index is 12.7. The highest BCUT2D eigenvalue weighted by Crippen LogP contribution is 2.48. The van der Waals surface area contributed by atoms with Crippen molar-refractivity contribution in [2.24, 2.45) is 11.3 Å². The van der Waals surface area contributed by atoms with Gasteiger partial charge < -0.3 is 19.7 Å². The second-order valence-electron chi connectivity index (χ2n) is 9.82. The predicted molar refractivity (Wildman–Crippen MR) is 124 cm³/mol. The summed E-state index contributed by atoms with van der Waals surface area (Å²) in [5, 5.41) is 2.99. The molecule has 2 aliphatic rings. The summed E-state index contributed by atoms with van der Waals surface area (Å²) >= 11 is 3.44. The fourth-order valence-corrected chi connectivity index (χ4v) is 5.09. The van der Waals surface area contributed by atoms with Gasteiger partial charge in [0.1, 0.15) is 22.8 Å². The SMILES string of the molecule is COC(=O)c1cc(Br)c(C)nc1N1CCC2(CC1)CC(=O)[C@@H](C)[C@@H]2NC(=O)OC(C)(C)C. The first-order valence-corrected chi connectivity index (χ1v) is 11.7. The van der Waals surface area contributed by atoms with Crippen molar-refractivity contribution in [3.05, 3.63) is 21.8 Å². The van der Waals surface area contributed by atoms with Gasteiger partial charge in [-0.1, -0.05) is 6.92 Å². The molecule has 1 spiro atoms. The summed E-state index contributed by atoms with van der Waals surface area (Å²) in [6.45, 7) is 10.4. The summed E-state index contributed by atoms with van der Waals surface area (Å²) in [6.07, 6.45) is 1.32. The second-order valence-corrected chi connectivity index (χ2v) is 10.7. The number of halogens is 1. The molecule has 1 aliphatic heterocycles. The molecule has 1 aliphatic carbocycles. The first-order valence-electron chi connectivity index (χ1n) is 10.9. The number of carbonyl (C=O) groups excluding carboxylic acids is 3. The number of amides is 1. The number of anilines is 1. The number of carbonyl (C=O) groups is 3. The van der Waals surface area contributed by atoms with Crippen molar-refractivity contribution in [3.8, 4) is 0 Å². The van der Waals surface area contributed by atoms with Crippen LogP contribution in [-0.4, -0.2) is 54.7 Å². The van der Waals surface area contributed by atoms with Gasteiger partial charge in [-0.15, -0.1) is 0 Å². The third-order valence-electron chi connectivity index (χ3n) is 6.46. The number of aromatic nitrogens is 1. The van der Waals surface area contributed by atoms with Crippen molar-refractivity contribution >= 4 is 39.6 Å². The third-order valence-corrected chi connectivity index (χ3v) is 7.26. The standard InChI is InChI=1S/C23H32BrN3O5/c1-13-17(28)12-23(18(13)26-21(30)32-22(3,4)5)7-9-27(10-8-23)19-15(20(29)31-6)11-16(24)14(2)25-19/h11,13,18H,7-10,12H2,1-6H3,(H,26,30)/t13-,18+/m1/s1. The topological polar surface area (TPSA) is 97.8 Å². The molecule has 8 nitrogen and oxygen atoms in total. The van der Waals surface area contributed by atoms with Crippen LogP contribution in [0.25, 0.3) is 0 Å². The van der Waals surface area contributed by atoms with Crippen LogP contribution in [0.4, 0.5) is 10.6 Å². The number of alkyl carbamates (subject to hydrolysis) is 1. The number of hydrogen-bond donors (Lipinski definition) is 1. The van der Waals surface area contributed by atoms with Gasteiger partial charge in [-0.3, -0.25) is 4.79 Å². The van der Waals surface area contributed by atoms with E-state index in [-0.39, 0.29) is 23.2 Å². The number of hydrogen-bond acceptors (Lipinski definition) is 7. The predicted octanol–water partition coefficient (Wildman–Crippen LogP) is 4.03. The average Bonchev–Trinajstić information content (AvgIpc) is 2.92. The quantitative estimate of drug-likeness (QED) is 0.614. The first-order chi connectivity index (χ1) is 14.9. The third kappa shape index (κ3) is 4.92. The van der Waals surface area contributed by atoms with Crippen LogP contribution >= 0.6 is 15.9 Å². The molecule has 176 valence electrons. The molecule has 1 amide bonds. The fourth-order valence-electron chi connectivity index (χ4n) is 4.77. The number of aryl methyl sites for hydroxylation is 1. The Morgan fingerprint density at radius 1 is 1.28 bits per heavy atom. The van der Waals surface area contributed by atoms with Crippen molar-refractivity contribution in [1.29, 1.82) is 0 Å². The molecule has 1 N–H and O–H groups in total. The van der Waals surface area contributed by atoms with Crippen LogP contribution in [0.5, 0.6) is 0 Å². The molecule has 2 atom stereocenters. The molecule has 2 fully saturated rings. The Labute approximate surface area is 197 Å². The molecule has 1 aromatic rings. The molecular formula is C23H32BrN3O5. The Morgan fingerprint density at radius 3 is 2.47 bits per heavy atom. The molecule has 0 bridgehead atoms. The van der Waals surface area contributed by atoms with Crippen LogP contribution in [0, 0.1) is 18.3 Å². The number of piperidine rings is 1. The number of esters is 1. The van der Waals surface area contributed by atoms with Gasteiger partial charge in [0, 0.05) is 41.4 Å². The van der Waals surface area contributed by atoms with Crippen LogP contribution in [0.1, 0.15) is 63.0 Å². The lowest BCUT2D eigenvalue weighted by Gasteiger charge is -2.44. The van der Waals surface area contributed by atoms with Crippen LogP contribution in [0.15, 0.2) is 10.5 Å². The van der Waals surface area contributed by atoms with Crippen molar-refractivity contribution in [2.75, 3.05) is 25.1 Å². The summed E-state index contributed by atoms with van der Waals surface area (Å²) < 4.78 is 11.1. The van der Waals surface area contributed by atoms with Crippen LogP contribution in [0.2, 0.25) is 0 Å². The molecular weight excluding hydrogens is 478 g/mol. The maximum absolute atomic E-state index is 12.7. The smallest absolute Gasteiger partial charge is 0.407 e. The normalized spacial score (nSPS) is 22.7. The van der Waals surface area contributed by atoms with E-state index in [0.717, 1.165) is 10.2 Å². The number of nitrogens with zero attached hydrogens (tertiary/aromatic N) is 2. The largest absolute Gasteiger partial charge is 0.465 e. The number of Topliss-reactive ketones (excluding diaryl/α,β-unsaturated/α-hetero) is 1. The fraction of sp³-hybridized carbons (Fsp3) is 0.652. The first kappa shape index (κ1) is 24.5. The van der Waals surface area contributed by atoms with Gasteiger partial charge in [-0.05, 0) is 62.5 Å². The monoisotopic (exact) mass is 509 g/mol. The molecule has 1 aromatic heterocycles. The zero-order valence-corrected chi connectivity index (χ0v) is 21.2. The summed E-state index contributed by atoms with van der Waals surface area (Å²) in [5.41, 5.74) is 0.240. The van der Waals surface area contributed by atoms with Crippen molar-refractivity contribution in [3.63, 3.8) is 0 Å². The summed E-state index contributed by atoms with van der Waals surface area (Å²) in [7, 11) is 1.35. The zero-order valence-electron chi connectivity index (χ0n) is 19.6. The van der Waals surface area contributed by atoms with E-state index in [4.69, 9.17) is 9.47 Å². The van der Waals surface area contributed by atoms with E-state index < -0.39 is 17.7 Å². The Hall–Kier alpha value is -2.16. The zero-order chi connectivity index (χ0) is 23.8. The van der Waals surface area contributed by atoms with E-state index in [1.54, 1.807) is 6.07 Å². The molecule has 9 heteroatoms. The van der Waals surface area contributed by atoms with E-state index in [2.05, 4.69) is 31.1 Å². The lowest BCUT2D eigenvalue weighted by Crippen LogP contribution is -2.53. The highest BCUT2D eigenvalue weighted by atomic mass is 79.9. The molecule has 1 saturated carbocycles. The Bertz CT molecular complexity index is 919. The molecule has 3 rings (SSSR count). The van der Waals surface area contributed by atoms with Gasteiger partial charge in [0.2, 0.25) is 0 Å². The summed E-state index contributed by atoms with van der Waals surface area (Å²) in [6, 6.07) is 1.45. The van der Waals surface area contributed by atoms with E-state index >= 15 is 0 Å². The molecule has 1 saturated heterocycles. The van der Waals surface area contributed by atoms with Crippen molar-refractivity contribution in [1.82, 2.24) is 10.3 Å². The Balaban J connectivity index is 1.81. The highest BCUT2D eigenvalue weighted by Gasteiger charge is 2.53. The lowest BCUT2D eigenvalue weighted by molar-refractivity contribution is -0.120. The molecule has 0 radical (unpaired) electrons. The number of pyridine rings is 1. The maximum Gasteiger partial charge on any atom is 0.407 e. The Kier molecular flexibility index (Phi) is 6.88. The van der Waals surface area contributed by atoms with E-state index in [9.17, 15) is 14.4 Å². The van der Waals surface area contributed by atoms with Gasteiger partial charge in [0.25, 0.3) is 0 Å². The molecule has 2 heterocycles. The number of nitrogens with one attached hydrogen (secondary N) is 1. The minimum absolute atomic E-state index is 0.160. The number of ether oxygens (including phenoxy) is 2. The van der Waals surface area contributed by atoms with E-state index in [0.29, 0.717) is 43.7 Å². The summed E-state index contributed by atoms with van der Waals surface area (Å²) in [5.74, 6) is 0.0316. The number of methoxy groups -OCH3 is 1. The summed E-state index contributed by atoms with van der Waals surface area (Å²) in [4.78, 5) is 44.2. The van der Waals surface area contributed by atoms with E-state index in [1.165, 1.54) is 7.11 Å². The second kappa shape index (κ2) is 9.00. The van der Waals surface area contributed by atoms with Gasteiger partial charge in [-0.25, -0.2) is 14.6 Å². The highest BCUT2D eigenvalue weighted by molar-refractivity contribution is 9.10. The van der Waals surface area contributed by atoms with Gasteiger partial charge in [0.15, 0.2) is 0 Å². The average molecular weight is 510 g/mol. The number of ketones is 1. The van der Waals surface area contributed by atoms with Crippen LogP contribution in [0.3, 0.4) is 0 Å². The minimum atomic E-state index is -0.609. The van der Waals surface area contributed by atoms with E-state index in [1.807, 2.05) is 34.6 Å². The van der Waals surface area contributed by atoms with Crippen molar-refractivity contribution in [2.45, 2.75) is 65.5 Å². The van der Waals surface area contributed by atoms with Crippen LogP contribution < -0.4 is 10.2 Å². The Morgan fingerprint density at radius 2 is 1.91 bits per heavy atom. The van der Waals surface area contributed by atoms with Crippen LogP contribution in [-0.2, 0) is 14.3 Å². The lowest BCUT2D eigenvalue weighted by atomic mass is 9.73.